The Labute approximate surface area is 89.4 Å². The van der Waals surface area contributed by atoms with Gasteiger partial charge in [0, 0.05) is 17.4 Å². The quantitative estimate of drug-likeness (QED) is 0.536. The van der Waals surface area contributed by atoms with E-state index in [9.17, 15) is 4.79 Å². The highest BCUT2D eigenvalue weighted by atomic mass is 32.2. The minimum atomic E-state index is -1.19. The molecule has 0 spiro atoms. The fourth-order valence-corrected chi connectivity index (χ4v) is 1.52. The molecule has 0 saturated heterocycles. The summed E-state index contributed by atoms with van der Waals surface area (Å²) >= 11 is 1.75. The first-order chi connectivity index (χ1) is 6.31. The number of hydrogen-bond acceptors (Lipinski definition) is 4. The third kappa shape index (κ3) is 9.83. The Morgan fingerprint density at radius 2 is 2.14 bits per heavy atom. The van der Waals surface area contributed by atoms with Crippen molar-refractivity contribution in [3.05, 3.63) is 0 Å². The van der Waals surface area contributed by atoms with Crippen molar-refractivity contribution in [2.45, 2.75) is 38.9 Å². The lowest BCUT2D eigenvalue weighted by Gasteiger charge is -2.18. The Balaban J connectivity index is 3.41. The summed E-state index contributed by atoms with van der Waals surface area (Å²) < 4.78 is 5.15. The average molecular weight is 221 g/mol. The number of nitrogens with one attached hydrogen (secondary N) is 1. The molecule has 2 N–H and O–H groups in total. The number of aliphatic hydroxyl groups excluding tert-OH is 1. The van der Waals surface area contributed by atoms with Crippen LogP contribution in [0.2, 0.25) is 0 Å². The summed E-state index contributed by atoms with van der Waals surface area (Å²) in [7, 11) is 0. The molecule has 0 heterocycles. The lowest BCUT2D eigenvalue weighted by molar-refractivity contribution is -0.143. The van der Waals surface area contributed by atoms with Gasteiger partial charge in [-0.2, -0.15) is 11.8 Å². The number of rotatable bonds is 5. The summed E-state index contributed by atoms with van der Waals surface area (Å²) in [6, 6.07) is 0. The molecule has 0 saturated carbocycles. The molecular formula is C9H19NO3S. The zero-order chi connectivity index (χ0) is 11.2. The first-order valence-electron chi connectivity index (χ1n) is 4.52. The van der Waals surface area contributed by atoms with Gasteiger partial charge in [-0.05, 0) is 0 Å². The van der Waals surface area contributed by atoms with Gasteiger partial charge in [0.05, 0.1) is 6.61 Å². The number of carbonyl (C=O) groups is 1. The summed E-state index contributed by atoms with van der Waals surface area (Å²) in [5.41, 5.74) is 0. The summed E-state index contributed by atoms with van der Waals surface area (Å²) in [6.45, 7) is 8.09. The second kappa shape index (κ2) is 6.27. The molecule has 0 fully saturated rings. The SMILES string of the molecule is CC(=O)NC(O)OCCSC(C)(C)C. The van der Waals surface area contributed by atoms with Crippen molar-refractivity contribution in [3.8, 4) is 0 Å². The molecular weight excluding hydrogens is 202 g/mol. The van der Waals surface area contributed by atoms with Crippen LogP contribution in [0.15, 0.2) is 0 Å². The Morgan fingerprint density at radius 3 is 2.57 bits per heavy atom. The molecule has 0 bridgehead atoms. The van der Waals surface area contributed by atoms with Crippen LogP contribution in [0.25, 0.3) is 0 Å². The zero-order valence-corrected chi connectivity index (χ0v) is 9.98. The first-order valence-corrected chi connectivity index (χ1v) is 5.50. The van der Waals surface area contributed by atoms with Crippen LogP contribution in [-0.2, 0) is 9.53 Å². The molecule has 1 amide bonds. The molecule has 0 aromatic rings. The average Bonchev–Trinajstić information content (AvgIpc) is 1.95. The third-order valence-corrected chi connectivity index (χ3v) is 2.46. The van der Waals surface area contributed by atoms with Crippen LogP contribution in [0, 0.1) is 0 Å². The van der Waals surface area contributed by atoms with Gasteiger partial charge in [0.15, 0.2) is 0 Å². The smallest absolute Gasteiger partial charge is 0.237 e. The third-order valence-electron chi connectivity index (χ3n) is 1.22. The van der Waals surface area contributed by atoms with Gasteiger partial charge in [-0.3, -0.25) is 4.79 Å². The molecule has 0 aromatic heterocycles. The number of ether oxygens (including phenoxy) is 1. The molecule has 0 radical (unpaired) electrons. The molecule has 0 aliphatic rings. The lowest BCUT2D eigenvalue weighted by atomic mass is 10.3. The lowest BCUT2D eigenvalue weighted by Crippen LogP contribution is -2.35. The van der Waals surface area contributed by atoms with E-state index in [2.05, 4.69) is 26.1 Å². The second-order valence-corrected chi connectivity index (χ2v) is 5.81. The summed E-state index contributed by atoms with van der Waals surface area (Å²) in [6.07, 6.45) is -1.19. The maximum Gasteiger partial charge on any atom is 0.237 e. The van der Waals surface area contributed by atoms with E-state index in [-0.39, 0.29) is 10.7 Å². The van der Waals surface area contributed by atoms with Gasteiger partial charge >= 0.3 is 0 Å². The molecule has 1 unspecified atom stereocenters. The highest BCUT2D eigenvalue weighted by molar-refractivity contribution is 8.00. The number of aliphatic hydroxyl groups is 1. The van der Waals surface area contributed by atoms with Crippen LogP contribution in [-0.4, -0.2) is 34.5 Å². The molecule has 0 aliphatic heterocycles. The van der Waals surface area contributed by atoms with Crippen molar-refractivity contribution in [2.75, 3.05) is 12.4 Å². The van der Waals surface area contributed by atoms with Crippen molar-refractivity contribution < 1.29 is 14.6 Å². The Hall–Kier alpha value is -0.260. The van der Waals surface area contributed by atoms with Gasteiger partial charge in [0.2, 0.25) is 12.3 Å². The van der Waals surface area contributed by atoms with Crippen LogP contribution >= 0.6 is 11.8 Å². The van der Waals surface area contributed by atoms with Crippen LogP contribution in [0.5, 0.6) is 0 Å². The predicted molar refractivity (Wildman–Crippen MR) is 58.0 cm³/mol. The normalized spacial score (nSPS) is 13.8. The van der Waals surface area contributed by atoms with E-state index in [1.54, 1.807) is 11.8 Å². The van der Waals surface area contributed by atoms with Crippen molar-refractivity contribution in [3.63, 3.8) is 0 Å². The largest absolute Gasteiger partial charge is 0.351 e. The standard InChI is InChI=1S/C9H19NO3S/c1-7(11)10-8(12)13-5-6-14-9(2,3)4/h8,12H,5-6H2,1-4H3,(H,10,11). The summed E-state index contributed by atoms with van der Waals surface area (Å²) in [5.74, 6) is 0.487. The van der Waals surface area contributed by atoms with Gasteiger partial charge < -0.3 is 15.2 Å². The van der Waals surface area contributed by atoms with Gasteiger partial charge in [0.25, 0.3) is 0 Å². The summed E-state index contributed by atoms with van der Waals surface area (Å²) in [4.78, 5) is 10.5. The van der Waals surface area contributed by atoms with Crippen LogP contribution in [0.1, 0.15) is 27.7 Å². The number of carbonyl (C=O) groups excluding carboxylic acids is 1. The van der Waals surface area contributed by atoms with Crippen molar-refractivity contribution in [2.24, 2.45) is 0 Å². The van der Waals surface area contributed by atoms with E-state index in [0.29, 0.717) is 6.61 Å². The zero-order valence-electron chi connectivity index (χ0n) is 9.16. The van der Waals surface area contributed by atoms with E-state index >= 15 is 0 Å². The molecule has 0 rings (SSSR count). The molecule has 0 aliphatic carbocycles. The van der Waals surface area contributed by atoms with Crippen LogP contribution in [0.3, 0.4) is 0 Å². The molecule has 1 atom stereocenters. The number of thioether (sulfide) groups is 1. The summed E-state index contributed by atoms with van der Waals surface area (Å²) in [5, 5.41) is 11.3. The van der Waals surface area contributed by atoms with Gasteiger partial charge in [-0.15, -0.1) is 0 Å². The Morgan fingerprint density at radius 1 is 1.57 bits per heavy atom. The molecule has 4 nitrogen and oxygen atoms in total. The number of amides is 1. The Kier molecular flexibility index (Phi) is 6.15. The minimum Gasteiger partial charge on any atom is -0.351 e. The van der Waals surface area contributed by atoms with Gasteiger partial charge in [-0.1, -0.05) is 20.8 Å². The van der Waals surface area contributed by atoms with E-state index in [0.717, 1.165) is 5.75 Å². The van der Waals surface area contributed by atoms with Crippen molar-refractivity contribution >= 4 is 17.7 Å². The maximum atomic E-state index is 10.5. The monoisotopic (exact) mass is 221 g/mol. The van der Waals surface area contributed by atoms with Crippen molar-refractivity contribution in [1.29, 1.82) is 0 Å². The Bertz CT molecular complexity index is 179. The van der Waals surface area contributed by atoms with Crippen molar-refractivity contribution in [1.82, 2.24) is 5.32 Å². The van der Waals surface area contributed by atoms with Gasteiger partial charge in [-0.25, -0.2) is 0 Å². The highest BCUT2D eigenvalue weighted by Gasteiger charge is 2.10. The molecule has 84 valence electrons. The topological polar surface area (TPSA) is 58.6 Å². The molecule has 14 heavy (non-hydrogen) atoms. The maximum absolute atomic E-state index is 10.5. The van der Waals surface area contributed by atoms with E-state index in [4.69, 9.17) is 9.84 Å². The highest BCUT2D eigenvalue weighted by Crippen LogP contribution is 2.22. The fourth-order valence-electron chi connectivity index (χ4n) is 0.723. The second-order valence-electron chi connectivity index (χ2n) is 3.88. The van der Waals surface area contributed by atoms with E-state index in [1.165, 1.54) is 6.92 Å². The van der Waals surface area contributed by atoms with Crippen LogP contribution in [0.4, 0.5) is 0 Å². The van der Waals surface area contributed by atoms with Crippen LogP contribution < -0.4 is 5.32 Å². The minimum absolute atomic E-state index is 0.197. The van der Waals surface area contributed by atoms with Gasteiger partial charge in [0.1, 0.15) is 0 Å². The first kappa shape index (κ1) is 13.7. The molecule has 5 heteroatoms. The van der Waals surface area contributed by atoms with E-state index in [1.807, 2.05) is 0 Å². The predicted octanol–water partition coefficient (Wildman–Crippen LogP) is 0.947. The number of hydrogen-bond donors (Lipinski definition) is 2. The molecule has 0 aromatic carbocycles. The van der Waals surface area contributed by atoms with E-state index < -0.39 is 6.41 Å². The fraction of sp³-hybridized carbons (Fsp3) is 0.889.